The molecule has 0 aliphatic carbocycles. The van der Waals surface area contributed by atoms with E-state index >= 15 is 0 Å². The molecule has 200 valence electrons. The lowest BCUT2D eigenvalue weighted by molar-refractivity contribution is -0.143. The Morgan fingerprint density at radius 3 is 2.41 bits per heavy atom. The van der Waals surface area contributed by atoms with E-state index in [1.54, 1.807) is 25.3 Å². The third-order valence-corrected chi connectivity index (χ3v) is 7.76. The Kier molecular flexibility index (Phi) is 7.34. The van der Waals surface area contributed by atoms with E-state index in [-0.39, 0.29) is 24.7 Å². The molecule has 1 aliphatic rings. The summed E-state index contributed by atoms with van der Waals surface area (Å²) in [7, 11) is 0. The minimum atomic E-state index is -0.657. The van der Waals surface area contributed by atoms with E-state index in [2.05, 4.69) is 4.99 Å². The van der Waals surface area contributed by atoms with Gasteiger partial charge in [0, 0.05) is 22.2 Å². The average molecular weight is 544 g/mol. The highest BCUT2D eigenvalue weighted by Gasteiger charge is 2.33. The SMILES string of the molecule is CCOC(=O)Cn1c(C)c(/C=c2\sc3n(c2=O)[C@H](c2ccccc2)C(C(=O)OCC)=C(C)N=3)c2ccccc21. The van der Waals surface area contributed by atoms with E-state index in [0.717, 1.165) is 27.7 Å². The first-order chi connectivity index (χ1) is 18.8. The van der Waals surface area contributed by atoms with Gasteiger partial charge in [-0.05, 0) is 45.4 Å². The largest absolute Gasteiger partial charge is 0.465 e. The number of benzene rings is 2. The Morgan fingerprint density at radius 2 is 1.69 bits per heavy atom. The van der Waals surface area contributed by atoms with E-state index in [4.69, 9.17) is 9.47 Å². The number of hydrogen-bond donors (Lipinski definition) is 0. The monoisotopic (exact) mass is 543 g/mol. The quantitative estimate of drug-likeness (QED) is 0.332. The predicted molar refractivity (Wildman–Crippen MR) is 150 cm³/mol. The summed E-state index contributed by atoms with van der Waals surface area (Å²) in [5.41, 5.74) is 4.00. The Labute approximate surface area is 229 Å². The van der Waals surface area contributed by atoms with Crippen molar-refractivity contribution in [3.05, 3.63) is 102 Å². The molecule has 1 atom stereocenters. The number of nitrogens with zero attached hydrogens (tertiary/aromatic N) is 3. The fourth-order valence-electron chi connectivity index (χ4n) is 5.05. The number of aromatic nitrogens is 2. The number of carbonyl (C=O) groups excluding carboxylic acids is 2. The van der Waals surface area contributed by atoms with Crippen molar-refractivity contribution in [3.8, 4) is 0 Å². The van der Waals surface area contributed by atoms with Crippen LogP contribution in [-0.2, 0) is 25.6 Å². The molecule has 0 N–H and O–H groups in total. The summed E-state index contributed by atoms with van der Waals surface area (Å²) in [6.45, 7) is 7.83. The molecule has 5 rings (SSSR count). The summed E-state index contributed by atoms with van der Waals surface area (Å²) in [5.74, 6) is -0.808. The van der Waals surface area contributed by atoms with Gasteiger partial charge in [0.05, 0.1) is 35.1 Å². The van der Waals surface area contributed by atoms with Gasteiger partial charge >= 0.3 is 11.9 Å². The smallest absolute Gasteiger partial charge is 0.338 e. The van der Waals surface area contributed by atoms with Crippen molar-refractivity contribution in [3.63, 3.8) is 0 Å². The lowest BCUT2D eigenvalue weighted by Crippen LogP contribution is -2.39. The highest BCUT2D eigenvalue weighted by Crippen LogP contribution is 2.31. The van der Waals surface area contributed by atoms with E-state index < -0.39 is 12.0 Å². The molecule has 0 saturated carbocycles. The zero-order valence-electron chi connectivity index (χ0n) is 22.3. The van der Waals surface area contributed by atoms with Crippen molar-refractivity contribution in [2.45, 2.75) is 40.3 Å². The van der Waals surface area contributed by atoms with E-state index in [0.29, 0.717) is 27.2 Å². The summed E-state index contributed by atoms with van der Waals surface area (Å²) >= 11 is 1.28. The number of rotatable bonds is 7. The Balaban J connectivity index is 1.72. The first-order valence-electron chi connectivity index (χ1n) is 12.8. The molecule has 4 aromatic rings. The van der Waals surface area contributed by atoms with Gasteiger partial charge < -0.3 is 14.0 Å². The van der Waals surface area contributed by atoms with Crippen LogP contribution in [0.2, 0.25) is 0 Å². The van der Waals surface area contributed by atoms with Crippen LogP contribution >= 0.6 is 11.3 Å². The van der Waals surface area contributed by atoms with Crippen molar-refractivity contribution in [2.75, 3.05) is 13.2 Å². The molecule has 9 heteroatoms. The number of hydrogen-bond acceptors (Lipinski definition) is 7. The van der Waals surface area contributed by atoms with E-state index in [1.807, 2.05) is 72.2 Å². The van der Waals surface area contributed by atoms with Gasteiger partial charge in [-0.15, -0.1) is 0 Å². The van der Waals surface area contributed by atoms with Gasteiger partial charge in [0.15, 0.2) is 4.80 Å². The molecule has 2 aromatic heterocycles. The van der Waals surface area contributed by atoms with Gasteiger partial charge in [0.1, 0.15) is 6.54 Å². The van der Waals surface area contributed by atoms with Gasteiger partial charge in [-0.25, -0.2) is 9.79 Å². The van der Waals surface area contributed by atoms with Gasteiger partial charge in [0.25, 0.3) is 5.56 Å². The highest BCUT2D eigenvalue weighted by atomic mass is 32.1. The van der Waals surface area contributed by atoms with Crippen molar-refractivity contribution >= 4 is 40.3 Å². The molecule has 0 radical (unpaired) electrons. The summed E-state index contributed by atoms with van der Waals surface area (Å²) < 4.78 is 14.5. The predicted octanol–water partition coefficient (Wildman–Crippen LogP) is 3.62. The maximum atomic E-state index is 14.0. The van der Waals surface area contributed by atoms with Crippen LogP contribution in [0, 0.1) is 6.92 Å². The molecule has 0 unspecified atom stereocenters. The molecule has 0 spiro atoms. The average Bonchev–Trinajstić information content (AvgIpc) is 3.37. The highest BCUT2D eigenvalue weighted by molar-refractivity contribution is 7.07. The Hall–Kier alpha value is -4.24. The summed E-state index contributed by atoms with van der Waals surface area (Å²) in [6.07, 6.45) is 1.86. The fraction of sp³-hybridized carbons (Fsp3) is 0.267. The van der Waals surface area contributed by atoms with Gasteiger partial charge in [0.2, 0.25) is 0 Å². The second kappa shape index (κ2) is 10.9. The van der Waals surface area contributed by atoms with Crippen LogP contribution in [0.4, 0.5) is 0 Å². The molecular weight excluding hydrogens is 514 g/mol. The number of carbonyl (C=O) groups is 2. The van der Waals surface area contributed by atoms with Gasteiger partial charge in [-0.2, -0.15) is 0 Å². The molecule has 0 saturated heterocycles. The first-order valence-corrected chi connectivity index (χ1v) is 13.6. The minimum Gasteiger partial charge on any atom is -0.465 e. The minimum absolute atomic E-state index is 0.0748. The van der Waals surface area contributed by atoms with Crippen LogP contribution in [0.1, 0.15) is 43.6 Å². The molecule has 0 fully saturated rings. The van der Waals surface area contributed by atoms with E-state index in [9.17, 15) is 14.4 Å². The van der Waals surface area contributed by atoms with Crippen molar-refractivity contribution in [1.82, 2.24) is 9.13 Å². The number of allylic oxidation sites excluding steroid dienone is 1. The molecule has 3 heterocycles. The van der Waals surface area contributed by atoms with Gasteiger partial charge in [-0.1, -0.05) is 59.9 Å². The summed E-state index contributed by atoms with van der Waals surface area (Å²) in [4.78, 5) is 44.5. The second-order valence-corrected chi connectivity index (χ2v) is 10.1. The van der Waals surface area contributed by atoms with Crippen LogP contribution in [0.3, 0.4) is 0 Å². The standard InChI is InChI=1S/C30H29N3O5S/c1-5-37-25(34)17-32-19(4)22(21-14-10-11-15-23(21)32)16-24-28(35)33-27(20-12-8-7-9-13-20)26(29(36)38-6-2)18(3)31-30(33)39-24/h7-16,27H,5-6,17H2,1-4H3/b24-16-/t27-/m1/s1. The molecular formula is C30H29N3O5S. The third-order valence-electron chi connectivity index (χ3n) is 6.78. The van der Waals surface area contributed by atoms with Crippen LogP contribution in [0.15, 0.2) is 75.7 Å². The normalized spacial score (nSPS) is 15.3. The number of esters is 2. The van der Waals surface area contributed by atoms with Crippen LogP contribution in [0.5, 0.6) is 0 Å². The van der Waals surface area contributed by atoms with E-state index in [1.165, 1.54) is 11.3 Å². The zero-order chi connectivity index (χ0) is 27.7. The topological polar surface area (TPSA) is 91.9 Å². The van der Waals surface area contributed by atoms with Crippen LogP contribution in [0.25, 0.3) is 17.0 Å². The molecule has 0 amide bonds. The Morgan fingerprint density at radius 1 is 1.00 bits per heavy atom. The number of thiazole rings is 1. The molecule has 39 heavy (non-hydrogen) atoms. The fourth-order valence-corrected chi connectivity index (χ4v) is 6.08. The maximum absolute atomic E-state index is 14.0. The maximum Gasteiger partial charge on any atom is 0.338 e. The van der Waals surface area contributed by atoms with Gasteiger partial charge in [-0.3, -0.25) is 14.2 Å². The first kappa shape index (κ1) is 26.4. The molecule has 1 aliphatic heterocycles. The summed E-state index contributed by atoms with van der Waals surface area (Å²) in [6, 6.07) is 16.6. The number of fused-ring (bicyclic) bond motifs is 2. The zero-order valence-corrected chi connectivity index (χ0v) is 23.1. The van der Waals surface area contributed by atoms with Crippen molar-refractivity contribution in [2.24, 2.45) is 4.99 Å². The molecule has 2 aromatic carbocycles. The summed E-state index contributed by atoms with van der Waals surface area (Å²) in [5, 5.41) is 0.924. The third kappa shape index (κ3) is 4.74. The van der Waals surface area contributed by atoms with Crippen LogP contribution in [-0.4, -0.2) is 34.3 Å². The lowest BCUT2D eigenvalue weighted by atomic mass is 9.96. The number of para-hydroxylation sites is 1. The Bertz CT molecular complexity index is 1790. The lowest BCUT2D eigenvalue weighted by Gasteiger charge is -2.24. The second-order valence-electron chi connectivity index (χ2n) is 9.12. The van der Waals surface area contributed by atoms with Crippen molar-refractivity contribution in [1.29, 1.82) is 0 Å². The number of ether oxygens (including phenoxy) is 2. The van der Waals surface area contributed by atoms with Crippen LogP contribution < -0.4 is 14.9 Å². The molecule has 8 nitrogen and oxygen atoms in total. The molecule has 0 bridgehead atoms. The van der Waals surface area contributed by atoms with Crippen molar-refractivity contribution < 1.29 is 19.1 Å².